The van der Waals surface area contributed by atoms with Crippen LogP contribution in [-0.2, 0) is 17.4 Å². The van der Waals surface area contributed by atoms with Crippen molar-refractivity contribution in [2.24, 2.45) is 0 Å². The Morgan fingerprint density at radius 1 is 0.562 bits per heavy atom. The maximum atomic E-state index is 8.07. The van der Waals surface area contributed by atoms with Crippen LogP contribution in [0, 0.1) is 0 Å². The second kappa shape index (κ2) is 36.1. The van der Waals surface area contributed by atoms with Crippen LogP contribution in [0.3, 0.4) is 0 Å². The van der Waals surface area contributed by atoms with Crippen LogP contribution >= 0.6 is 0 Å². The van der Waals surface area contributed by atoms with Gasteiger partial charge in [0.15, 0.2) is 0 Å². The first-order valence-electron chi connectivity index (χ1n) is 6.07. The average molecular weight is 274 g/mol. The van der Waals surface area contributed by atoms with Crippen molar-refractivity contribution in [2.75, 3.05) is 19.8 Å². The number of hydrogen-bond donors (Lipinski definition) is 3. The standard InChI is InChI=1S/3C4H10O.Cr/c3*1-2-3-4-5;/h3*5H,2-4H2,1H3;. The van der Waals surface area contributed by atoms with Crippen molar-refractivity contribution in [2.45, 2.75) is 59.3 Å². The Kier molecular flexibility index (Phi) is 57.2. The molecule has 0 amide bonds. The number of hydrogen-bond acceptors (Lipinski definition) is 3. The Morgan fingerprint density at radius 2 is 0.750 bits per heavy atom. The molecule has 0 aromatic rings. The van der Waals surface area contributed by atoms with Crippen LogP contribution in [-0.4, -0.2) is 35.1 Å². The molecule has 0 aromatic carbocycles. The molecule has 0 rings (SSSR count). The summed E-state index contributed by atoms with van der Waals surface area (Å²) in [6.45, 7) is 7.19. The van der Waals surface area contributed by atoms with E-state index >= 15 is 0 Å². The third-order valence-electron chi connectivity index (χ3n) is 1.54. The minimum absolute atomic E-state index is 0. The van der Waals surface area contributed by atoms with E-state index in [4.69, 9.17) is 15.3 Å². The van der Waals surface area contributed by atoms with Gasteiger partial charge < -0.3 is 15.3 Å². The SMILES string of the molecule is CCCCO.CCCCO.CCCCO.[Cr]. The van der Waals surface area contributed by atoms with Gasteiger partial charge in [-0.1, -0.05) is 40.0 Å². The van der Waals surface area contributed by atoms with Crippen molar-refractivity contribution in [3.8, 4) is 0 Å². The van der Waals surface area contributed by atoms with Gasteiger partial charge in [0.25, 0.3) is 0 Å². The molecule has 0 atom stereocenters. The average Bonchev–Trinajstić information content (AvgIpc) is 2.23. The number of aliphatic hydroxyl groups excluding tert-OH is 3. The zero-order valence-corrected chi connectivity index (χ0v) is 12.4. The van der Waals surface area contributed by atoms with Crippen LogP contribution in [0.25, 0.3) is 0 Å². The molecular formula is C12H30CrO3. The molecular weight excluding hydrogens is 244 g/mol. The normalized spacial score (nSPS) is 7.88. The summed E-state index contributed by atoms with van der Waals surface area (Å²) >= 11 is 0. The fraction of sp³-hybridized carbons (Fsp3) is 1.00. The molecule has 102 valence electrons. The molecule has 0 aliphatic heterocycles. The summed E-state index contributed by atoms with van der Waals surface area (Å²) in [6.07, 6.45) is 6.11. The van der Waals surface area contributed by atoms with Crippen LogP contribution in [0.15, 0.2) is 0 Å². The van der Waals surface area contributed by atoms with Gasteiger partial charge in [0, 0.05) is 37.2 Å². The van der Waals surface area contributed by atoms with E-state index in [0.717, 1.165) is 38.5 Å². The van der Waals surface area contributed by atoms with Crippen LogP contribution in [0.4, 0.5) is 0 Å². The van der Waals surface area contributed by atoms with E-state index < -0.39 is 0 Å². The van der Waals surface area contributed by atoms with Crippen LogP contribution in [0.5, 0.6) is 0 Å². The molecule has 3 nitrogen and oxygen atoms in total. The summed E-state index contributed by atoms with van der Waals surface area (Å²) in [4.78, 5) is 0. The molecule has 0 saturated heterocycles. The Labute approximate surface area is 112 Å². The van der Waals surface area contributed by atoms with E-state index in [2.05, 4.69) is 20.8 Å². The van der Waals surface area contributed by atoms with Crippen molar-refractivity contribution in [3.63, 3.8) is 0 Å². The fourth-order valence-electron chi connectivity index (χ4n) is 0.474. The third kappa shape index (κ3) is 63.1. The molecule has 3 N–H and O–H groups in total. The van der Waals surface area contributed by atoms with E-state index in [-0.39, 0.29) is 17.4 Å². The van der Waals surface area contributed by atoms with Crippen molar-refractivity contribution in [1.29, 1.82) is 0 Å². The van der Waals surface area contributed by atoms with Gasteiger partial charge in [-0.25, -0.2) is 0 Å². The Balaban J connectivity index is -0.0000000655. The monoisotopic (exact) mass is 274 g/mol. The smallest absolute Gasteiger partial charge is 0.0430 e. The summed E-state index contributed by atoms with van der Waals surface area (Å²) in [5, 5.41) is 24.2. The first-order chi connectivity index (χ1) is 7.24. The maximum absolute atomic E-state index is 8.07. The van der Waals surface area contributed by atoms with Gasteiger partial charge in [-0.3, -0.25) is 0 Å². The largest absolute Gasteiger partial charge is 0.396 e. The summed E-state index contributed by atoms with van der Waals surface area (Å²) < 4.78 is 0. The molecule has 0 radical (unpaired) electrons. The van der Waals surface area contributed by atoms with Gasteiger partial charge in [-0.15, -0.1) is 0 Å². The third-order valence-corrected chi connectivity index (χ3v) is 1.54. The zero-order valence-electron chi connectivity index (χ0n) is 11.1. The zero-order chi connectivity index (χ0) is 12.4. The summed E-state index contributed by atoms with van der Waals surface area (Å²) in [5.74, 6) is 0. The molecule has 0 bridgehead atoms. The van der Waals surface area contributed by atoms with Crippen molar-refractivity contribution < 1.29 is 32.7 Å². The molecule has 0 aliphatic carbocycles. The van der Waals surface area contributed by atoms with Gasteiger partial charge in [-0.2, -0.15) is 0 Å². The predicted octanol–water partition coefficient (Wildman–Crippen LogP) is 2.33. The van der Waals surface area contributed by atoms with Gasteiger partial charge >= 0.3 is 0 Å². The van der Waals surface area contributed by atoms with Gasteiger partial charge in [-0.05, 0) is 19.3 Å². The number of unbranched alkanes of at least 4 members (excludes halogenated alkanes) is 3. The van der Waals surface area contributed by atoms with Crippen molar-refractivity contribution >= 4 is 0 Å². The molecule has 0 saturated carbocycles. The first kappa shape index (κ1) is 25.3. The molecule has 0 aliphatic rings. The van der Waals surface area contributed by atoms with Crippen molar-refractivity contribution in [1.82, 2.24) is 0 Å². The number of aliphatic hydroxyl groups is 3. The molecule has 16 heavy (non-hydrogen) atoms. The van der Waals surface area contributed by atoms with E-state index in [9.17, 15) is 0 Å². The van der Waals surface area contributed by atoms with E-state index in [1.165, 1.54) is 0 Å². The Morgan fingerprint density at radius 3 is 0.750 bits per heavy atom. The molecule has 0 aromatic heterocycles. The molecule has 0 spiro atoms. The maximum Gasteiger partial charge on any atom is 0.0430 e. The Bertz CT molecular complexity index is 53.0. The Hall–Kier alpha value is 0.412. The fourth-order valence-corrected chi connectivity index (χ4v) is 0.474. The summed E-state index contributed by atoms with van der Waals surface area (Å²) in [5.41, 5.74) is 0. The van der Waals surface area contributed by atoms with Crippen molar-refractivity contribution in [3.05, 3.63) is 0 Å². The predicted molar refractivity (Wildman–Crippen MR) is 66.0 cm³/mol. The molecule has 0 unspecified atom stereocenters. The minimum Gasteiger partial charge on any atom is -0.396 e. The van der Waals surface area contributed by atoms with E-state index in [1.54, 1.807) is 0 Å². The van der Waals surface area contributed by atoms with Gasteiger partial charge in [0.05, 0.1) is 0 Å². The summed E-state index contributed by atoms with van der Waals surface area (Å²) in [7, 11) is 0. The van der Waals surface area contributed by atoms with Gasteiger partial charge in [0.2, 0.25) is 0 Å². The summed E-state index contributed by atoms with van der Waals surface area (Å²) in [6, 6.07) is 0. The van der Waals surface area contributed by atoms with E-state index in [1.807, 2.05) is 0 Å². The first-order valence-corrected chi connectivity index (χ1v) is 6.07. The minimum atomic E-state index is 0. The van der Waals surface area contributed by atoms with Crippen LogP contribution in [0.1, 0.15) is 59.3 Å². The van der Waals surface area contributed by atoms with Gasteiger partial charge in [0.1, 0.15) is 0 Å². The molecule has 0 heterocycles. The van der Waals surface area contributed by atoms with E-state index in [0.29, 0.717) is 19.8 Å². The molecule has 4 heteroatoms. The molecule has 0 fully saturated rings. The number of rotatable bonds is 6. The quantitative estimate of drug-likeness (QED) is 0.696. The second-order valence-electron chi connectivity index (χ2n) is 3.23. The van der Waals surface area contributed by atoms with Crippen LogP contribution in [0.2, 0.25) is 0 Å². The van der Waals surface area contributed by atoms with Crippen LogP contribution < -0.4 is 0 Å². The second-order valence-corrected chi connectivity index (χ2v) is 3.23. The topological polar surface area (TPSA) is 60.7 Å².